The molecule has 0 aliphatic heterocycles. The summed E-state index contributed by atoms with van der Waals surface area (Å²) in [4.78, 5) is 88.3. The average molecular weight is 1410 g/mol. The molecule has 0 radical (unpaired) electrons. The highest BCUT2D eigenvalue weighted by atomic mass is 16.3. The lowest BCUT2D eigenvalue weighted by molar-refractivity contribution is 0.143. The van der Waals surface area contributed by atoms with E-state index in [2.05, 4.69) is 110 Å². The van der Waals surface area contributed by atoms with Crippen LogP contribution < -0.4 is 42.5 Å². The Hall–Kier alpha value is -14.0. The van der Waals surface area contributed by atoms with Gasteiger partial charge in [0.2, 0.25) is 0 Å². The van der Waals surface area contributed by atoms with Gasteiger partial charge in [-0.05, 0) is 195 Å². The molecule has 0 saturated carbocycles. The summed E-state index contributed by atoms with van der Waals surface area (Å²) in [7, 11) is 0. The molecule has 16 N–H and O–H groups in total. The van der Waals surface area contributed by atoms with Crippen LogP contribution >= 0.6 is 0 Å². The van der Waals surface area contributed by atoms with Crippen LogP contribution in [0.5, 0.6) is 0 Å². The van der Waals surface area contributed by atoms with Crippen molar-refractivity contribution in [3.05, 3.63) is 204 Å². The predicted molar refractivity (Wildman–Crippen MR) is 416 cm³/mol. The molecule has 24 nitrogen and oxygen atoms in total. The molecule has 0 bridgehead atoms. The maximum atomic E-state index is 13.6. The number of hydrogen-bond acceptors (Lipinski definition) is 12. The third-order valence-corrected chi connectivity index (χ3v) is 15.6. The third-order valence-electron chi connectivity index (χ3n) is 15.6. The van der Waals surface area contributed by atoms with Crippen LogP contribution in [0.4, 0.5) is 64.7 Å². The second-order valence-electron chi connectivity index (χ2n) is 27.2. The largest absolute Gasteiger partial charge is 0.378 e. The van der Waals surface area contributed by atoms with E-state index in [0.29, 0.717) is 146 Å². The fraction of sp³-hybridized carbons (Fsp3) is 0.146. The predicted octanol–water partition coefficient (Wildman–Crippen LogP) is 14.9. The molecule has 0 spiro atoms. The van der Waals surface area contributed by atoms with E-state index < -0.39 is 46.5 Å². The number of imidazole rings is 4. The number of fused-ring (bicyclic) bond motifs is 4. The molecule has 24 heteroatoms. The Morgan fingerprint density at radius 1 is 0.283 bits per heavy atom. The van der Waals surface area contributed by atoms with E-state index in [9.17, 15) is 39.6 Å². The van der Waals surface area contributed by atoms with Gasteiger partial charge in [-0.15, -0.1) is 0 Å². The van der Waals surface area contributed by atoms with Crippen LogP contribution in [0.1, 0.15) is 77.6 Å². The van der Waals surface area contributed by atoms with Crippen molar-refractivity contribution in [3.63, 3.8) is 0 Å². The number of nitrogens with zero attached hydrogens (tertiary/aromatic N) is 4. The number of rotatable bonds is 12. The topological polar surface area (TPSA) is 360 Å². The first-order valence-corrected chi connectivity index (χ1v) is 33.4. The normalized spacial score (nSPS) is 11.4. The number of hydrogen-bond donors (Lipinski definition) is 16. The SMILES string of the molecule is CC(C)(O)C#Cc1cccc(NC(=O)Nc2cc(NC(=O)Nc3cccc(C#CC(C)(C)O)c3)cc(-c3nc4cc5[nH]c(-c6cccc(-c7nc8cc9[nH]c(-c%10cc(NC(=O)Nc%11cccc(C#CC(C)(C)O)c%11)cc(NC(=O)Nc%11cccc(C#CC(C)(C)O)c%11)c%10)nc9cc8[nH]7)c6)nc5cc4[nH]3)c2)c1. The monoisotopic (exact) mass is 1410 g/mol. The molecule has 9 aromatic carbocycles. The van der Waals surface area contributed by atoms with Crippen LogP contribution in [0.25, 0.3) is 89.7 Å². The molecular formula is C82H70N16O8. The first-order chi connectivity index (χ1) is 50.4. The summed E-state index contributed by atoms with van der Waals surface area (Å²) >= 11 is 0. The molecule has 106 heavy (non-hydrogen) atoms. The van der Waals surface area contributed by atoms with Crippen LogP contribution in [-0.4, -0.2) is 107 Å². The molecule has 13 rings (SSSR count). The molecular weight excluding hydrogens is 1340 g/mol. The molecule has 13 aromatic rings. The number of carbonyl (C=O) groups excluding carboxylic acids is 4. The lowest BCUT2D eigenvalue weighted by Crippen LogP contribution is -2.21. The van der Waals surface area contributed by atoms with E-state index in [1.54, 1.807) is 189 Å². The maximum Gasteiger partial charge on any atom is 0.323 e. The van der Waals surface area contributed by atoms with Gasteiger partial charge in [0.15, 0.2) is 0 Å². The molecule has 0 saturated heterocycles. The Balaban J connectivity index is 0.740. The summed E-state index contributed by atoms with van der Waals surface area (Å²) < 4.78 is 0. The van der Waals surface area contributed by atoms with Crippen LogP contribution in [0.2, 0.25) is 0 Å². The number of benzene rings is 9. The van der Waals surface area contributed by atoms with Crippen molar-refractivity contribution < 1.29 is 39.6 Å². The molecule has 0 aliphatic rings. The highest BCUT2D eigenvalue weighted by Gasteiger charge is 2.20. The highest BCUT2D eigenvalue weighted by molar-refractivity contribution is 6.06. The van der Waals surface area contributed by atoms with E-state index in [0.717, 1.165) is 11.1 Å². The fourth-order valence-corrected chi connectivity index (χ4v) is 11.0. The molecule has 4 aromatic heterocycles. The number of anilines is 8. The average Bonchev–Trinajstić information content (AvgIpc) is 1.62. The maximum absolute atomic E-state index is 13.6. The second kappa shape index (κ2) is 28.8. The van der Waals surface area contributed by atoms with Gasteiger partial charge in [0.25, 0.3) is 0 Å². The van der Waals surface area contributed by atoms with Crippen molar-refractivity contribution in [1.82, 2.24) is 39.9 Å². The zero-order valence-electron chi connectivity index (χ0n) is 58.5. The summed E-state index contributed by atoms with van der Waals surface area (Å²) in [5, 5.41) is 63.5. The number of carbonyl (C=O) groups is 4. The zero-order chi connectivity index (χ0) is 74.7. The number of H-pyrrole nitrogens is 4. The standard InChI is InChI=1S/C82H70N16O8/c1-79(2,103)28-24-47-14-9-20-55(32-47)83-75(99)87-59-37-53(38-60(41-59)88-76(100)84-56-21-10-15-48(33-56)25-29-80(3,4)104)73-95-67-43-63-64(44-68(67)96-73)92-71(91-63)51-18-13-19-52(36-51)72-93-65-45-69-70(46-66(65)94-72)98-74(97-69)54-39-61(89-77(101)85-57-22-11-16-49(34-57)26-30-81(5,6)105)42-62(40-54)90-78(102)86-58-23-12-17-50(35-58)27-31-82(7,8)106/h9-23,32-46,103-106H,1-8H3,(H,91,92)(H,93,94)(H,95,96)(H,97,98)(H2,83,87,99)(H2,84,88,100)(H2,85,89,101)(H2,86,90,102). The van der Waals surface area contributed by atoms with E-state index in [1.807, 2.05) is 48.5 Å². The second-order valence-corrected chi connectivity index (χ2v) is 27.2. The Kier molecular flexibility index (Phi) is 19.1. The Morgan fingerprint density at radius 3 is 0.755 bits per heavy atom. The summed E-state index contributed by atoms with van der Waals surface area (Å²) in [6.45, 7) is 12.6. The van der Waals surface area contributed by atoms with E-state index in [-0.39, 0.29) is 0 Å². The van der Waals surface area contributed by atoms with Crippen LogP contribution in [0, 0.1) is 47.4 Å². The molecule has 4 heterocycles. The lowest BCUT2D eigenvalue weighted by Gasteiger charge is -2.13. The van der Waals surface area contributed by atoms with E-state index >= 15 is 0 Å². The van der Waals surface area contributed by atoms with Crippen LogP contribution in [0.15, 0.2) is 182 Å². The summed E-state index contributed by atoms with van der Waals surface area (Å²) in [5.74, 6) is 24.8. The minimum absolute atomic E-state index is 0.320. The molecule has 0 unspecified atom stereocenters. The van der Waals surface area contributed by atoms with Crippen molar-refractivity contribution in [3.8, 4) is 92.9 Å². The van der Waals surface area contributed by atoms with Crippen molar-refractivity contribution in [1.29, 1.82) is 0 Å². The molecule has 0 aliphatic carbocycles. The highest BCUT2D eigenvalue weighted by Crippen LogP contribution is 2.34. The van der Waals surface area contributed by atoms with Crippen molar-refractivity contribution in [2.45, 2.75) is 77.8 Å². The quantitative estimate of drug-likeness (QED) is 0.0508. The van der Waals surface area contributed by atoms with Crippen LogP contribution in [0.3, 0.4) is 0 Å². The van der Waals surface area contributed by atoms with E-state index in [4.69, 9.17) is 19.9 Å². The first kappa shape index (κ1) is 70.5. The van der Waals surface area contributed by atoms with Gasteiger partial charge < -0.3 is 82.9 Å². The minimum Gasteiger partial charge on any atom is -0.378 e. The summed E-state index contributed by atoms with van der Waals surface area (Å²) in [6.07, 6.45) is 0. The Bertz CT molecular complexity index is 5270. The Labute approximate surface area is 607 Å². The minimum atomic E-state index is -1.21. The van der Waals surface area contributed by atoms with Gasteiger partial charge in [0.05, 0.1) is 44.1 Å². The van der Waals surface area contributed by atoms with Gasteiger partial charge in [-0.25, -0.2) is 39.1 Å². The Morgan fingerprint density at radius 2 is 0.509 bits per heavy atom. The fourth-order valence-electron chi connectivity index (χ4n) is 11.0. The number of nitrogens with one attached hydrogen (secondary N) is 12. The summed E-state index contributed by atoms with van der Waals surface area (Å²) in [5.41, 5.74) is 8.43. The lowest BCUT2D eigenvalue weighted by atomic mass is 10.1. The molecule has 0 atom stereocenters. The third kappa shape index (κ3) is 18.6. The molecule has 526 valence electrons. The molecule has 8 amide bonds. The van der Waals surface area contributed by atoms with Gasteiger partial charge in [-0.3, -0.25) is 0 Å². The van der Waals surface area contributed by atoms with Crippen molar-refractivity contribution in [2.24, 2.45) is 0 Å². The van der Waals surface area contributed by atoms with Gasteiger partial charge >= 0.3 is 24.1 Å². The number of amides is 8. The van der Waals surface area contributed by atoms with Crippen molar-refractivity contribution in [2.75, 3.05) is 42.5 Å². The number of aromatic amines is 4. The number of aliphatic hydroxyl groups is 4. The first-order valence-electron chi connectivity index (χ1n) is 33.4. The van der Waals surface area contributed by atoms with Gasteiger partial charge in [0, 0.05) is 90.0 Å². The molecule has 0 fully saturated rings. The van der Waals surface area contributed by atoms with Gasteiger partial charge in [-0.1, -0.05) is 89.8 Å². The summed E-state index contributed by atoms with van der Waals surface area (Å²) in [6, 6.07) is 50.7. The zero-order valence-corrected chi connectivity index (χ0v) is 58.5. The number of urea groups is 4. The van der Waals surface area contributed by atoms with Gasteiger partial charge in [0.1, 0.15) is 45.7 Å². The van der Waals surface area contributed by atoms with Crippen molar-refractivity contribution >= 4 is 114 Å². The smallest absolute Gasteiger partial charge is 0.323 e. The van der Waals surface area contributed by atoms with Gasteiger partial charge in [-0.2, -0.15) is 0 Å². The number of aromatic nitrogens is 8. The van der Waals surface area contributed by atoms with Crippen LogP contribution in [-0.2, 0) is 0 Å². The van der Waals surface area contributed by atoms with E-state index in [1.165, 1.54) is 0 Å².